The first kappa shape index (κ1) is 19.8. The number of fused-ring (bicyclic) bond motifs is 8. The van der Waals surface area contributed by atoms with E-state index in [1.54, 1.807) is 0 Å². The third-order valence-electron chi connectivity index (χ3n) is 10.8. The fraction of sp³-hybridized carbons (Fsp3) is 0.840. The monoisotopic (exact) mass is 400 g/mol. The Labute approximate surface area is 174 Å². The molecule has 5 aliphatic carbocycles. The minimum absolute atomic E-state index is 0.0444. The van der Waals surface area contributed by atoms with Crippen LogP contribution >= 0.6 is 0 Å². The Hall–Kier alpha value is -1.16. The normalized spacial score (nSPS) is 55.3. The molecule has 10 atom stereocenters. The van der Waals surface area contributed by atoms with E-state index in [2.05, 4.69) is 27.7 Å². The zero-order valence-electron chi connectivity index (χ0n) is 18.3. The fourth-order valence-corrected chi connectivity index (χ4v) is 9.18. The lowest BCUT2D eigenvalue weighted by molar-refractivity contribution is -0.154. The van der Waals surface area contributed by atoms with E-state index in [9.17, 15) is 19.8 Å². The highest BCUT2D eigenvalue weighted by Crippen LogP contribution is 2.76. The highest BCUT2D eigenvalue weighted by Gasteiger charge is 2.72. The maximum Gasteiger partial charge on any atom is 0.303 e. The Kier molecular flexibility index (Phi) is 4.07. The molecule has 0 saturated heterocycles. The SMILES string of the molecule is CC1[C@@H](C)C2C3C4CC4C4=CC(=O)CC[C@]4(C)C3CC[C@]2(C)[C@]1(O)CCC(=O)O. The molecule has 0 bridgehead atoms. The molecular formula is C25H36O4. The van der Waals surface area contributed by atoms with Crippen LogP contribution in [0.15, 0.2) is 11.6 Å². The molecule has 2 N–H and O–H groups in total. The van der Waals surface area contributed by atoms with E-state index in [-0.39, 0.29) is 23.2 Å². The predicted molar refractivity (Wildman–Crippen MR) is 110 cm³/mol. The topological polar surface area (TPSA) is 74.6 Å². The van der Waals surface area contributed by atoms with Gasteiger partial charge in [-0.3, -0.25) is 9.59 Å². The first-order valence-corrected chi connectivity index (χ1v) is 11.7. The Morgan fingerprint density at radius 2 is 1.97 bits per heavy atom. The molecule has 0 radical (unpaired) electrons. The second-order valence-corrected chi connectivity index (χ2v) is 11.6. The van der Waals surface area contributed by atoms with Gasteiger partial charge in [-0.05, 0) is 90.4 Å². The van der Waals surface area contributed by atoms with E-state index in [1.165, 1.54) is 12.0 Å². The van der Waals surface area contributed by atoms with Gasteiger partial charge in [0, 0.05) is 12.8 Å². The summed E-state index contributed by atoms with van der Waals surface area (Å²) < 4.78 is 0. The molecule has 0 aromatic rings. The molecule has 160 valence electrons. The van der Waals surface area contributed by atoms with Crippen molar-refractivity contribution < 1.29 is 19.8 Å². The Balaban J connectivity index is 1.55. The number of aliphatic carboxylic acids is 1. The van der Waals surface area contributed by atoms with Gasteiger partial charge in [-0.25, -0.2) is 0 Å². The molecule has 5 rings (SSSR count). The number of carboxylic acid groups (broad SMARTS) is 1. The molecule has 4 saturated carbocycles. The van der Waals surface area contributed by atoms with Gasteiger partial charge in [0.05, 0.1) is 5.60 Å². The van der Waals surface area contributed by atoms with Crippen LogP contribution < -0.4 is 0 Å². The second kappa shape index (κ2) is 5.96. The summed E-state index contributed by atoms with van der Waals surface area (Å²) in [7, 11) is 0. The number of carboxylic acids is 1. The predicted octanol–water partition coefficient (Wildman–Crippen LogP) is 4.46. The van der Waals surface area contributed by atoms with E-state index in [0.29, 0.717) is 54.1 Å². The maximum atomic E-state index is 12.2. The number of carbonyl (C=O) groups excluding carboxylic acids is 1. The van der Waals surface area contributed by atoms with Gasteiger partial charge in [-0.15, -0.1) is 0 Å². The van der Waals surface area contributed by atoms with Crippen molar-refractivity contribution in [3.05, 3.63) is 11.6 Å². The summed E-state index contributed by atoms with van der Waals surface area (Å²) in [6, 6.07) is 0. The van der Waals surface area contributed by atoms with Gasteiger partial charge in [0.15, 0.2) is 5.78 Å². The molecular weight excluding hydrogens is 364 g/mol. The van der Waals surface area contributed by atoms with Crippen LogP contribution in [0.5, 0.6) is 0 Å². The van der Waals surface area contributed by atoms with Crippen molar-refractivity contribution in [1.82, 2.24) is 0 Å². The van der Waals surface area contributed by atoms with E-state index < -0.39 is 11.6 Å². The van der Waals surface area contributed by atoms with Gasteiger partial charge >= 0.3 is 5.97 Å². The van der Waals surface area contributed by atoms with Crippen molar-refractivity contribution in [1.29, 1.82) is 0 Å². The summed E-state index contributed by atoms with van der Waals surface area (Å²) in [5, 5.41) is 21.2. The summed E-state index contributed by atoms with van der Waals surface area (Å²) in [5.74, 6) is 2.89. The number of hydrogen-bond donors (Lipinski definition) is 2. The molecule has 5 aliphatic rings. The van der Waals surface area contributed by atoms with Gasteiger partial charge in [-0.2, -0.15) is 0 Å². The second-order valence-electron chi connectivity index (χ2n) is 11.6. The number of aliphatic hydroxyl groups is 1. The minimum atomic E-state index is -0.898. The average molecular weight is 401 g/mol. The number of allylic oxidation sites excluding steroid dienone is 1. The van der Waals surface area contributed by atoms with E-state index in [0.717, 1.165) is 19.3 Å². The highest BCUT2D eigenvalue weighted by atomic mass is 16.4. The highest BCUT2D eigenvalue weighted by molar-refractivity contribution is 5.92. The Morgan fingerprint density at radius 3 is 2.66 bits per heavy atom. The summed E-state index contributed by atoms with van der Waals surface area (Å²) in [6.45, 7) is 9.15. The van der Waals surface area contributed by atoms with Crippen LogP contribution in [-0.2, 0) is 9.59 Å². The summed E-state index contributed by atoms with van der Waals surface area (Å²) in [6.07, 6.45) is 7.34. The van der Waals surface area contributed by atoms with Crippen LogP contribution in [-0.4, -0.2) is 27.6 Å². The van der Waals surface area contributed by atoms with Gasteiger partial charge < -0.3 is 10.2 Å². The number of rotatable bonds is 3. The summed E-state index contributed by atoms with van der Waals surface area (Å²) in [5.41, 5.74) is 0.480. The van der Waals surface area contributed by atoms with Crippen LogP contribution in [0.25, 0.3) is 0 Å². The van der Waals surface area contributed by atoms with Gasteiger partial charge in [-0.1, -0.05) is 33.3 Å². The first-order valence-electron chi connectivity index (χ1n) is 11.7. The van der Waals surface area contributed by atoms with E-state index in [1.807, 2.05) is 6.08 Å². The third kappa shape index (κ3) is 2.36. The molecule has 0 aromatic carbocycles. The number of carbonyl (C=O) groups is 2. The molecule has 4 fully saturated rings. The molecule has 4 heteroatoms. The molecule has 0 aliphatic heterocycles. The largest absolute Gasteiger partial charge is 0.481 e. The zero-order valence-corrected chi connectivity index (χ0v) is 18.3. The molecule has 0 spiro atoms. The molecule has 0 aromatic heterocycles. The van der Waals surface area contributed by atoms with E-state index >= 15 is 0 Å². The van der Waals surface area contributed by atoms with Crippen LogP contribution in [0.1, 0.15) is 72.6 Å². The minimum Gasteiger partial charge on any atom is -0.481 e. The Morgan fingerprint density at radius 1 is 1.24 bits per heavy atom. The smallest absolute Gasteiger partial charge is 0.303 e. The van der Waals surface area contributed by atoms with Crippen molar-refractivity contribution in [2.24, 2.45) is 52.3 Å². The average Bonchev–Trinajstić information content (AvgIpc) is 3.44. The van der Waals surface area contributed by atoms with Gasteiger partial charge in [0.1, 0.15) is 0 Å². The van der Waals surface area contributed by atoms with Gasteiger partial charge in [0.25, 0.3) is 0 Å². The lowest BCUT2D eigenvalue weighted by Gasteiger charge is -2.59. The zero-order chi connectivity index (χ0) is 20.9. The van der Waals surface area contributed by atoms with Crippen LogP contribution in [0.2, 0.25) is 0 Å². The lowest BCUT2D eigenvalue weighted by Crippen LogP contribution is -2.56. The van der Waals surface area contributed by atoms with Crippen molar-refractivity contribution in [2.75, 3.05) is 0 Å². The lowest BCUT2D eigenvalue weighted by atomic mass is 9.45. The quantitative estimate of drug-likeness (QED) is 0.733. The van der Waals surface area contributed by atoms with Crippen molar-refractivity contribution >= 4 is 11.8 Å². The van der Waals surface area contributed by atoms with Gasteiger partial charge in [0.2, 0.25) is 0 Å². The van der Waals surface area contributed by atoms with Crippen LogP contribution in [0.3, 0.4) is 0 Å². The standard InChI is InChI=1S/C25H36O4/c1-13-14(2)25(29,10-7-20(27)28)24(4)9-6-18-21(22(13)24)17-12-16(17)19-11-15(26)5-8-23(18,19)3/h11,13-14,16-18,21-22,29H,5-10,12H2,1-4H3,(H,27,28)/t13-,14?,16?,17?,18?,21?,22?,23-,24+,25+/m1/s1. The van der Waals surface area contributed by atoms with Crippen LogP contribution in [0, 0.1) is 52.3 Å². The number of ketones is 1. The maximum absolute atomic E-state index is 12.2. The molecule has 6 unspecified atom stereocenters. The fourth-order valence-electron chi connectivity index (χ4n) is 9.18. The molecule has 4 nitrogen and oxygen atoms in total. The Bertz CT molecular complexity index is 801. The molecule has 0 amide bonds. The molecule has 0 heterocycles. The van der Waals surface area contributed by atoms with Crippen molar-refractivity contribution in [3.8, 4) is 0 Å². The van der Waals surface area contributed by atoms with Crippen LogP contribution in [0.4, 0.5) is 0 Å². The molecule has 29 heavy (non-hydrogen) atoms. The van der Waals surface area contributed by atoms with Crippen molar-refractivity contribution in [2.45, 2.75) is 78.2 Å². The summed E-state index contributed by atoms with van der Waals surface area (Å²) in [4.78, 5) is 23.5. The number of hydrogen-bond acceptors (Lipinski definition) is 3. The van der Waals surface area contributed by atoms with E-state index in [4.69, 9.17) is 0 Å². The first-order chi connectivity index (χ1) is 13.5. The third-order valence-corrected chi connectivity index (χ3v) is 10.8. The summed E-state index contributed by atoms with van der Waals surface area (Å²) >= 11 is 0. The van der Waals surface area contributed by atoms with Crippen molar-refractivity contribution in [3.63, 3.8) is 0 Å².